The summed E-state index contributed by atoms with van der Waals surface area (Å²) in [6.07, 6.45) is 4.54. The summed E-state index contributed by atoms with van der Waals surface area (Å²) < 4.78 is 2.30. The average molecular weight is 436 g/mol. The van der Waals surface area contributed by atoms with E-state index in [2.05, 4.69) is 65.8 Å². The van der Waals surface area contributed by atoms with Gasteiger partial charge < -0.3 is 0 Å². The number of benzene rings is 1. The Morgan fingerprint density at radius 1 is 0.968 bits per heavy atom. The van der Waals surface area contributed by atoms with E-state index in [1.165, 1.54) is 22.6 Å². The predicted octanol–water partition coefficient (Wildman–Crippen LogP) is 5.83. The largest absolute Gasteiger partial charge is 0.295 e. The molecule has 0 unspecified atom stereocenters. The van der Waals surface area contributed by atoms with Crippen molar-refractivity contribution in [3.8, 4) is 5.69 Å². The second kappa shape index (κ2) is 8.36. The van der Waals surface area contributed by atoms with Gasteiger partial charge in [-0.2, -0.15) is 0 Å². The highest BCUT2D eigenvalue weighted by Crippen LogP contribution is 2.41. The van der Waals surface area contributed by atoms with Crippen LogP contribution in [0.3, 0.4) is 0 Å². The Morgan fingerprint density at radius 3 is 2.52 bits per heavy atom. The fraction of sp³-hybridized carbons (Fsp3) is 0.480. The highest BCUT2D eigenvalue weighted by atomic mass is 35.5. The summed E-state index contributed by atoms with van der Waals surface area (Å²) in [7, 11) is 2.12. The molecule has 162 valence electrons. The topological polar surface area (TPSA) is 46.8 Å². The molecule has 1 fully saturated rings. The van der Waals surface area contributed by atoms with Crippen LogP contribution in [0.2, 0.25) is 5.02 Å². The van der Waals surface area contributed by atoms with Crippen molar-refractivity contribution >= 4 is 11.6 Å². The Balaban J connectivity index is 1.41. The van der Waals surface area contributed by atoms with E-state index < -0.39 is 0 Å². The minimum Gasteiger partial charge on any atom is -0.295 e. The van der Waals surface area contributed by atoms with Gasteiger partial charge in [0, 0.05) is 34.8 Å². The Labute approximate surface area is 189 Å². The monoisotopic (exact) mass is 435 g/mol. The molecule has 1 saturated carbocycles. The lowest BCUT2D eigenvalue weighted by atomic mass is 9.79. The Morgan fingerprint density at radius 2 is 1.74 bits per heavy atom. The molecule has 1 aliphatic heterocycles. The van der Waals surface area contributed by atoms with Gasteiger partial charge in [-0.15, -0.1) is 10.2 Å². The van der Waals surface area contributed by atoms with E-state index in [1.807, 2.05) is 6.07 Å². The lowest BCUT2D eigenvalue weighted by Crippen LogP contribution is -2.18. The molecule has 0 radical (unpaired) electrons. The summed E-state index contributed by atoms with van der Waals surface area (Å²) in [6, 6.07) is 12.7. The SMILES string of the molecule is CC(C)c1cccc(C2CCC(c3nnc4n3-c3ccc(Cl)cc3CN(C)C4)CC2)n1. The Kier molecular flexibility index (Phi) is 5.57. The van der Waals surface area contributed by atoms with E-state index in [-0.39, 0.29) is 0 Å². The number of rotatable bonds is 3. The zero-order chi connectivity index (χ0) is 21.5. The van der Waals surface area contributed by atoms with Crippen LogP contribution < -0.4 is 0 Å². The molecule has 0 N–H and O–H groups in total. The number of fused-ring (bicyclic) bond motifs is 3. The number of hydrogen-bond acceptors (Lipinski definition) is 4. The molecule has 31 heavy (non-hydrogen) atoms. The van der Waals surface area contributed by atoms with Gasteiger partial charge in [-0.25, -0.2) is 0 Å². The van der Waals surface area contributed by atoms with Crippen LogP contribution in [-0.4, -0.2) is 31.7 Å². The van der Waals surface area contributed by atoms with Gasteiger partial charge in [0.2, 0.25) is 0 Å². The zero-order valence-electron chi connectivity index (χ0n) is 18.6. The summed E-state index contributed by atoms with van der Waals surface area (Å²) in [4.78, 5) is 7.24. The van der Waals surface area contributed by atoms with Gasteiger partial charge in [0.05, 0.1) is 12.2 Å². The molecule has 0 spiro atoms. The molecule has 2 aliphatic rings. The van der Waals surface area contributed by atoms with Crippen molar-refractivity contribution in [2.75, 3.05) is 7.05 Å². The maximum absolute atomic E-state index is 6.31. The summed E-state index contributed by atoms with van der Waals surface area (Å²) in [6.45, 7) is 6.08. The van der Waals surface area contributed by atoms with Crippen molar-refractivity contribution in [3.63, 3.8) is 0 Å². The van der Waals surface area contributed by atoms with Crippen LogP contribution in [0.1, 0.15) is 85.9 Å². The third-order valence-corrected chi connectivity index (χ3v) is 7.02. The quantitative estimate of drug-likeness (QED) is 0.519. The molecule has 3 aromatic rings. The molecule has 5 nitrogen and oxygen atoms in total. The smallest absolute Gasteiger partial charge is 0.151 e. The fourth-order valence-electron chi connectivity index (χ4n) is 5.11. The van der Waals surface area contributed by atoms with Gasteiger partial charge in [-0.1, -0.05) is 31.5 Å². The van der Waals surface area contributed by atoms with Gasteiger partial charge in [0.15, 0.2) is 5.82 Å². The van der Waals surface area contributed by atoms with Gasteiger partial charge in [0.25, 0.3) is 0 Å². The molecule has 1 aliphatic carbocycles. The number of aromatic nitrogens is 4. The predicted molar refractivity (Wildman–Crippen MR) is 124 cm³/mol. The van der Waals surface area contributed by atoms with E-state index in [0.29, 0.717) is 17.8 Å². The third kappa shape index (κ3) is 4.01. The van der Waals surface area contributed by atoms with Crippen LogP contribution >= 0.6 is 11.6 Å². The highest BCUT2D eigenvalue weighted by Gasteiger charge is 2.31. The van der Waals surface area contributed by atoms with Crippen LogP contribution in [0.25, 0.3) is 5.69 Å². The minimum atomic E-state index is 0.428. The number of halogens is 1. The van der Waals surface area contributed by atoms with Gasteiger partial charge in [-0.3, -0.25) is 14.5 Å². The van der Waals surface area contributed by atoms with Crippen LogP contribution in [-0.2, 0) is 13.1 Å². The first-order valence-corrected chi connectivity index (χ1v) is 11.8. The van der Waals surface area contributed by atoms with Crippen LogP contribution in [0.15, 0.2) is 36.4 Å². The second-order valence-electron chi connectivity index (χ2n) is 9.45. The first-order chi connectivity index (χ1) is 15.0. The summed E-state index contributed by atoms with van der Waals surface area (Å²) in [5.74, 6) is 3.56. The molecule has 1 aromatic carbocycles. The van der Waals surface area contributed by atoms with Crippen molar-refractivity contribution in [1.29, 1.82) is 0 Å². The number of hydrogen-bond donors (Lipinski definition) is 0. The first kappa shape index (κ1) is 20.7. The zero-order valence-corrected chi connectivity index (χ0v) is 19.3. The van der Waals surface area contributed by atoms with Crippen molar-refractivity contribution in [2.24, 2.45) is 0 Å². The van der Waals surface area contributed by atoms with Crippen LogP contribution in [0, 0.1) is 0 Å². The molecule has 2 aromatic heterocycles. The van der Waals surface area contributed by atoms with Gasteiger partial charge in [0.1, 0.15) is 5.82 Å². The van der Waals surface area contributed by atoms with Crippen molar-refractivity contribution in [2.45, 2.75) is 70.4 Å². The lowest BCUT2D eigenvalue weighted by molar-refractivity contribution is 0.315. The van der Waals surface area contributed by atoms with Crippen molar-refractivity contribution < 1.29 is 0 Å². The normalized spacial score (nSPS) is 21.6. The maximum atomic E-state index is 6.31. The second-order valence-corrected chi connectivity index (χ2v) is 9.88. The van der Waals surface area contributed by atoms with Gasteiger partial charge in [-0.05, 0) is 74.5 Å². The minimum absolute atomic E-state index is 0.428. The number of nitrogens with zero attached hydrogens (tertiary/aromatic N) is 5. The van der Waals surface area contributed by atoms with E-state index in [1.54, 1.807) is 0 Å². The van der Waals surface area contributed by atoms with E-state index in [4.69, 9.17) is 21.7 Å². The standard InChI is InChI=1S/C25H30ClN5/c1-16(2)21-5-4-6-22(27-21)17-7-9-18(10-8-17)25-29-28-24-15-30(3)14-19-13-20(26)11-12-23(19)31(24)25/h4-6,11-13,16-18H,7-10,14-15H2,1-3H3. The first-order valence-electron chi connectivity index (χ1n) is 11.4. The van der Waals surface area contributed by atoms with Crippen molar-refractivity contribution in [1.82, 2.24) is 24.6 Å². The molecule has 0 saturated heterocycles. The summed E-state index contributed by atoms with van der Waals surface area (Å²) in [5, 5.41) is 10.1. The molecule has 0 atom stereocenters. The van der Waals surface area contributed by atoms with E-state index >= 15 is 0 Å². The fourth-order valence-corrected chi connectivity index (χ4v) is 5.31. The van der Waals surface area contributed by atoms with E-state index in [9.17, 15) is 0 Å². The van der Waals surface area contributed by atoms with Crippen LogP contribution in [0.5, 0.6) is 0 Å². The summed E-state index contributed by atoms with van der Waals surface area (Å²) >= 11 is 6.31. The Hall–Kier alpha value is -2.24. The molecular formula is C25H30ClN5. The van der Waals surface area contributed by atoms with Crippen LogP contribution in [0.4, 0.5) is 0 Å². The van der Waals surface area contributed by atoms with Gasteiger partial charge >= 0.3 is 0 Å². The molecule has 0 bridgehead atoms. The maximum Gasteiger partial charge on any atom is 0.151 e. The molecule has 3 heterocycles. The third-order valence-electron chi connectivity index (χ3n) is 6.78. The highest BCUT2D eigenvalue weighted by molar-refractivity contribution is 6.30. The molecule has 6 heteroatoms. The lowest BCUT2D eigenvalue weighted by Gasteiger charge is -2.28. The molecule has 5 rings (SSSR count). The van der Waals surface area contributed by atoms with Crippen molar-refractivity contribution in [3.05, 3.63) is 70.0 Å². The number of pyridine rings is 1. The summed E-state index contributed by atoms with van der Waals surface area (Å²) in [5.41, 5.74) is 4.86. The molecular weight excluding hydrogens is 406 g/mol. The average Bonchev–Trinajstić information content (AvgIpc) is 3.11. The Bertz CT molecular complexity index is 1080. The molecule has 0 amide bonds. The van der Waals surface area contributed by atoms with E-state index in [0.717, 1.165) is 55.4 Å².